The molecule has 8 heteroatoms. The third kappa shape index (κ3) is 4.26. The highest BCUT2D eigenvalue weighted by Crippen LogP contribution is 2.29. The molecule has 3 aromatic rings. The van der Waals surface area contributed by atoms with Gasteiger partial charge in [-0.3, -0.25) is 4.79 Å². The van der Waals surface area contributed by atoms with Crippen LogP contribution >= 0.6 is 11.3 Å². The van der Waals surface area contributed by atoms with Gasteiger partial charge < -0.3 is 14.8 Å². The van der Waals surface area contributed by atoms with Crippen LogP contribution in [0.25, 0.3) is 10.2 Å². The van der Waals surface area contributed by atoms with Gasteiger partial charge in [-0.2, -0.15) is 8.78 Å². The lowest BCUT2D eigenvalue weighted by Crippen LogP contribution is -2.25. The van der Waals surface area contributed by atoms with Gasteiger partial charge in [0, 0.05) is 18.5 Å². The molecular weight excluding hydrogens is 362 g/mol. The van der Waals surface area contributed by atoms with Crippen molar-refractivity contribution in [3.05, 3.63) is 53.0 Å². The molecule has 26 heavy (non-hydrogen) atoms. The zero-order valence-corrected chi connectivity index (χ0v) is 14.7. The van der Waals surface area contributed by atoms with Crippen LogP contribution in [0.3, 0.4) is 0 Å². The van der Waals surface area contributed by atoms with Crippen LogP contribution in [0.1, 0.15) is 15.4 Å². The molecule has 0 radical (unpaired) electrons. The van der Waals surface area contributed by atoms with E-state index in [9.17, 15) is 13.6 Å². The average molecular weight is 378 g/mol. The van der Waals surface area contributed by atoms with Gasteiger partial charge in [0.15, 0.2) is 11.5 Å². The van der Waals surface area contributed by atoms with Gasteiger partial charge in [-0.1, -0.05) is 12.1 Å². The number of halogens is 2. The van der Waals surface area contributed by atoms with E-state index in [1.807, 2.05) is 24.3 Å². The standard InChI is InChI=1S/C18H16F2N2O3S/c1-24-14-10-11(6-7-13(14)25-18(19)20)17(23)21-9-8-16-22-12-4-2-3-5-15(12)26-16/h2-7,10,18H,8-9H2,1H3,(H,21,23). The van der Waals surface area contributed by atoms with Crippen LogP contribution in [0.4, 0.5) is 8.78 Å². The summed E-state index contributed by atoms with van der Waals surface area (Å²) in [7, 11) is 1.32. The Morgan fingerprint density at radius 1 is 1.23 bits per heavy atom. The average Bonchev–Trinajstić information content (AvgIpc) is 3.04. The maximum absolute atomic E-state index is 12.3. The van der Waals surface area contributed by atoms with Crippen molar-refractivity contribution in [3.8, 4) is 11.5 Å². The zero-order chi connectivity index (χ0) is 18.5. The summed E-state index contributed by atoms with van der Waals surface area (Å²) in [6.45, 7) is -2.55. The molecule has 5 nitrogen and oxygen atoms in total. The summed E-state index contributed by atoms with van der Waals surface area (Å²) >= 11 is 1.59. The lowest BCUT2D eigenvalue weighted by molar-refractivity contribution is -0.0512. The van der Waals surface area contributed by atoms with Gasteiger partial charge in [-0.25, -0.2) is 4.98 Å². The number of carbonyl (C=O) groups excluding carboxylic acids is 1. The summed E-state index contributed by atoms with van der Waals surface area (Å²) < 4.78 is 35.1. The van der Waals surface area contributed by atoms with Crippen LogP contribution in [0.15, 0.2) is 42.5 Å². The number of ether oxygens (including phenoxy) is 2. The molecule has 136 valence electrons. The zero-order valence-electron chi connectivity index (χ0n) is 13.9. The number of carbonyl (C=O) groups is 1. The highest BCUT2D eigenvalue weighted by molar-refractivity contribution is 7.18. The van der Waals surface area contributed by atoms with Crippen molar-refractivity contribution in [2.24, 2.45) is 0 Å². The molecule has 1 aromatic heterocycles. The molecule has 0 bridgehead atoms. The van der Waals surface area contributed by atoms with E-state index in [1.54, 1.807) is 11.3 Å². The van der Waals surface area contributed by atoms with Crippen molar-refractivity contribution in [1.82, 2.24) is 10.3 Å². The second-order valence-electron chi connectivity index (χ2n) is 5.33. The Morgan fingerprint density at radius 2 is 2.04 bits per heavy atom. The molecule has 1 N–H and O–H groups in total. The largest absolute Gasteiger partial charge is 0.493 e. The first kappa shape index (κ1) is 18.1. The summed E-state index contributed by atoms with van der Waals surface area (Å²) in [6.07, 6.45) is 0.606. The van der Waals surface area contributed by atoms with E-state index in [-0.39, 0.29) is 17.4 Å². The molecule has 0 aliphatic rings. The fourth-order valence-corrected chi connectivity index (χ4v) is 3.38. The minimum absolute atomic E-state index is 0.0733. The lowest BCUT2D eigenvalue weighted by Gasteiger charge is -2.11. The van der Waals surface area contributed by atoms with Gasteiger partial charge in [0.2, 0.25) is 0 Å². The van der Waals surface area contributed by atoms with Crippen molar-refractivity contribution in [1.29, 1.82) is 0 Å². The van der Waals surface area contributed by atoms with Crippen LogP contribution in [-0.2, 0) is 6.42 Å². The Labute approximate surface area is 152 Å². The number of benzene rings is 2. The summed E-state index contributed by atoms with van der Waals surface area (Å²) in [4.78, 5) is 16.7. The van der Waals surface area contributed by atoms with E-state index in [1.165, 1.54) is 25.3 Å². The predicted molar refractivity (Wildman–Crippen MR) is 95.3 cm³/mol. The van der Waals surface area contributed by atoms with Gasteiger partial charge in [0.1, 0.15) is 0 Å². The Hall–Kier alpha value is -2.74. The second-order valence-corrected chi connectivity index (χ2v) is 6.44. The normalized spacial score (nSPS) is 10.9. The van der Waals surface area contributed by atoms with Crippen LogP contribution < -0.4 is 14.8 Å². The first-order valence-corrected chi connectivity index (χ1v) is 8.64. The molecule has 0 saturated heterocycles. The van der Waals surface area contributed by atoms with Gasteiger partial charge in [-0.05, 0) is 30.3 Å². The minimum atomic E-state index is -2.96. The summed E-state index contributed by atoms with van der Waals surface area (Å²) in [6, 6.07) is 11.9. The fourth-order valence-electron chi connectivity index (χ4n) is 2.41. The van der Waals surface area contributed by atoms with Crippen molar-refractivity contribution >= 4 is 27.5 Å². The van der Waals surface area contributed by atoms with Gasteiger partial charge in [0.05, 0.1) is 22.3 Å². The van der Waals surface area contributed by atoms with Gasteiger partial charge in [-0.15, -0.1) is 11.3 Å². The Bertz CT molecular complexity index is 881. The second kappa shape index (κ2) is 8.09. The van der Waals surface area contributed by atoms with E-state index >= 15 is 0 Å². The number of hydrogen-bond donors (Lipinski definition) is 1. The predicted octanol–water partition coefficient (Wildman–Crippen LogP) is 3.88. The van der Waals surface area contributed by atoms with Crippen LogP contribution in [0.5, 0.6) is 11.5 Å². The number of para-hydroxylation sites is 1. The number of rotatable bonds is 7. The number of nitrogens with one attached hydrogen (secondary N) is 1. The Morgan fingerprint density at radius 3 is 2.77 bits per heavy atom. The van der Waals surface area contributed by atoms with Crippen molar-refractivity contribution < 1.29 is 23.0 Å². The summed E-state index contributed by atoms with van der Waals surface area (Å²) in [5.74, 6) is -0.370. The molecule has 0 atom stereocenters. The molecule has 0 fully saturated rings. The first-order chi connectivity index (χ1) is 12.6. The quantitative estimate of drug-likeness (QED) is 0.678. The maximum Gasteiger partial charge on any atom is 0.387 e. The topological polar surface area (TPSA) is 60.5 Å². The molecule has 0 aliphatic heterocycles. The van der Waals surface area contributed by atoms with Gasteiger partial charge in [0.25, 0.3) is 5.91 Å². The highest BCUT2D eigenvalue weighted by atomic mass is 32.1. The van der Waals surface area contributed by atoms with E-state index in [2.05, 4.69) is 15.0 Å². The highest BCUT2D eigenvalue weighted by Gasteiger charge is 2.14. The van der Waals surface area contributed by atoms with E-state index in [0.29, 0.717) is 18.5 Å². The summed E-state index contributed by atoms with van der Waals surface area (Å²) in [5.41, 5.74) is 1.24. The van der Waals surface area contributed by atoms with Crippen molar-refractivity contribution in [2.75, 3.05) is 13.7 Å². The molecule has 3 rings (SSSR count). The number of thiazole rings is 1. The van der Waals surface area contributed by atoms with E-state index in [0.717, 1.165) is 15.2 Å². The molecular formula is C18H16F2N2O3S. The van der Waals surface area contributed by atoms with E-state index < -0.39 is 6.61 Å². The molecule has 2 aromatic carbocycles. The Kier molecular flexibility index (Phi) is 5.62. The minimum Gasteiger partial charge on any atom is -0.493 e. The van der Waals surface area contributed by atoms with Gasteiger partial charge >= 0.3 is 6.61 Å². The molecule has 1 heterocycles. The molecule has 0 unspecified atom stereocenters. The third-order valence-electron chi connectivity index (χ3n) is 3.60. The molecule has 0 spiro atoms. The number of fused-ring (bicyclic) bond motifs is 1. The van der Waals surface area contributed by atoms with Crippen molar-refractivity contribution in [2.45, 2.75) is 13.0 Å². The number of alkyl halides is 2. The fraction of sp³-hybridized carbons (Fsp3) is 0.222. The number of hydrogen-bond acceptors (Lipinski definition) is 5. The number of nitrogens with zero attached hydrogens (tertiary/aromatic N) is 1. The first-order valence-electron chi connectivity index (χ1n) is 7.82. The molecule has 1 amide bonds. The summed E-state index contributed by atoms with van der Waals surface area (Å²) in [5, 5.41) is 3.72. The van der Waals surface area contributed by atoms with Crippen LogP contribution in [-0.4, -0.2) is 31.2 Å². The number of aromatic nitrogens is 1. The van der Waals surface area contributed by atoms with Crippen molar-refractivity contribution in [3.63, 3.8) is 0 Å². The number of methoxy groups -OCH3 is 1. The number of amides is 1. The monoisotopic (exact) mass is 378 g/mol. The van der Waals surface area contributed by atoms with Crippen LogP contribution in [0, 0.1) is 0 Å². The SMILES string of the molecule is COc1cc(C(=O)NCCc2nc3ccccc3s2)ccc1OC(F)F. The lowest BCUT2D eigenvalue weighted by atomic mass is 10.2. The maximum atomic E-state index is 12.3. The molecule has 0 aliphatic carbocycles. The van der Waals surface area contributed by atoms with Crippen LogP contribution in [0.2, 0.25) is 0 Å². The third-order valence-corrected chi connectivity index (χ3v) is 4.70. The molecule has 0 saturated carbocycles. The smallest absolute Gasteiger partial charge is 0.387 e. The Balaban J connectivity index is 1.60. The van der Waals surface area contributed by atoms with E-state index in [4.69, 9.17) is 4.74 Å².